The molecule has 0 saturated heterocycles. The van der Waals surface area contributed by atoms with Crippen molar-refractivity contribution in [3.05, 3.63) is 34.9 Å². The average Bonchev–Trinajstić information content (AvgIpc) is 2.32. The van der Waals surface area contributed by atoms with Gasteiger partial charge in [0.05, 0.1) is 5.75 Å². The van der Waals surface area contributed by atoms with Crippen LogP contribution in [-0.4, -0.2) is 33.7 Å². The lowest BCUT2D eigenvalue weighted by Gasteiger charge is -2.17. The van der Waals surface area contributed by atoms with Gasteiger partial charge in [-0.15, -0.1) is 0 Å². The summed E-state index contributed by atoms with van der Waals surface area (Å²) in [5.74, 6) is -0.275. The summed E-state index contributed by atoms with van der Waals surface area (Å²) in [6.07, 6.45) is -0.720. The second-order valence-corrected chi connectivity index (χ2v) is 6.50. The molecule has 19 heavy (non-hydrogen) atoms. The van der Waals surface area contributed by atoms with E-state index < -0.39 is 16.1 Å². The van der Waals surface area contributed by atoms with E-state index in [0.29, 0.717) is 23.8 Å². The van der Waals surface area contributed by atoms with E-state index in [1.54, 1.807) is 38.1 Å². The van der Waals surface area contributed by atoms with Gasteiger partial charge in [0.2, 0.25) is 0 Å². The normalized spacial score (nSPS) is 12.0. The van der Waals surface area contributed by atoms with Crippen LogP contribution in [0.1, 0.15) is 19.4 Å². The standard InChI is InChI=1S/C13H19ClO4S/c1-3-17-13(18-4-2)10-19(15,16)9-11-7-5-6-8-12(11)14/h5-8,13H,3-4,9-10H2,1-2H3. The van der Waals surface area contributed by atoms with Gasteiger partial charge in [-0.25, -0.2) is 8.42 Å². The number of rotatable bonds is 8. The largest absolute Gasteiger partial charge is 0.352 e. The highest BCUT2D eigenvalue weighted by atomic mass is 35.5. The molecule has 1 rings (SSSR count). The van der Waals surface area contributed by atoms with Crippen LogP contribution >= 0.6 is 11.6 Å². The number of ether oxygens (including phenoxy) is 2. The van der Waals surface area contributed by atoms with Gasteiger partial charge in [-0.2, -0.15) is 0 Å². The molecule has 1 aromatic rings. The highest BCUT2D eigenvalue weighted by Crippen LogP contribution is 2.18. The Morgan fingerprint density at radius 2 is 1.74 bits per heavy atom. The molecule has 0 unspecified atom stereocenters. The van der Waals surface area contributed by atoms with Crippen LogP contribution in [0.4, 0.5) is 0 Å². The maximum Gasteiger partial charge on any atom is 0.171 e. The molecule has 0 N–H and O–H groups in total. The van der Waals surface area contributed by atoms with Crippen molar-refractivity contribution in [1.82, 2.24) is 0 Å². The van der Waals surface area contributed by atoms with E-state index in [1.165, 1.54) is 0 Å². The Bertz CT molecular complexity index is 481. The Morgan fingerprint density at radius 1 is 1.16 bits per heavy atom. The predicted octanol–water partition coefficient (Wildman–Crippen LogP) is 2.65. The highest BCUT2D eigenvalue weighted by molar-refractivity contribution is 7.90. The van der Waals surface area contributed by atoms with Gasteiger partial charge in [-0.1, -0.05) is 29.8 Å². The van der Waals surface area contributed by atoms with E-state index in [9.17, 15) is 8.42 Å². The molecule has 0 fully saturated rings. The fraction of sp³-hybridized carbons (Fsp3) is 0.538. The Hall–Kier alpha value is -0.620. The number of benzene rings is 1. The average molecular weight is 307 g/mol. The zero-order valence-electron chi connectivity index (χ0n) is 11.1. The van der Waals surface area contributed by atoms with E-state index in [-0.39, 0.29) is 11.5 Å². The predicted molar refractivity (Wildman–Crippen MR) is 76.0 cm³/mol. The van der Waals surface area contributed by atoms with Crippen molar-refractivity contribution in [3.8, 4) is 0 Å². The maximum atomic E-state index is 12.1. The minimum atomic E-state index is -3.34. The van der Waals surface area contributed by atoms with Gasteiger partial charge >= 0.3 is 0 Å². The second kappa shape index (κ2) is 7.85. The molecule has 0 bridgehead atoms. The molecule has 0 aromatic heterocycles. The molecule has 0 heterocycles. The minimum absolute atomic E-state index is 0.108. The summed E-state index contributed by atoms with van der Waals surface area (Å²) in [5.41, 5.74) is 0.593. The summed E-state index contributed by atoms with van der Waals surface area (Å²) in [6.45, 7) is 4.41. The van der Waals surface area contributed by atoms with Crippen LogP contribution < -0.4 is 0 Å². The summed E-state index contributed by atoms with van der Waals surface area (Å²) < 4.78 is 34.7. The molecule has 0 aliphatic rings. The first-order valence-corrected chi connectivity index (χ1v) is 8.35. The summed E-state index contributed by atoms with van der Waals surface area (Å²) in [5, 5.41) is 0.454. The van der Waals surface area contributed by atoms with E-state index in [0.717, 1.165) is 0 Å². The van der Waals surface area contributed by atoms with Gasteiger partial charge in [0.1, 0.15) is 5.75 Å². The highest BCUT2D eigenvalue weighted by Gasteiger charge is 2.21. The van der Waals surface area contributed by atoms with Gasteiger partial charge in [-0.3, -0.25) is 0 Å². The fourth-order valence-corrected chi connectivity index (χ4v) is 3.37. The summed E-state index contributed by atoms with van der Waals surface area (Å²) >= 11 is 5.96. The number of halogens is 1. The number of sulfone groups is 1. The Morgan fingerprint density at radius 3 is 2.26 bits per heavy atom. The van der Waals surface area contributed by atoms with Gasteiger partial charge in [0.15, 0.2) is 16.1 Å². The Balaban J connectivity index is 2.72. The second-order valence-electron chi connectivity index (χ2n) is 3.99. The van der Waals surface area contributed by atoms with Gasteiger partial charge in [0.25, 0.3) is 0 Å². The van der Waals surface area contributed by atoms with E-state index in [4.69, 9.17) is 21.1 Å². The van der Waals surface area contributed by atoms with Crippen molar-refractivity contribution in [2.24, 2.45) is 0 Å². The van der Waals surface area contributed by atoms with E-state index in [2.05, 4.69) is 0 Å². The zero-order chi connectivity index (χ0) is 14.3. The first-order valence-electron chi connectivity index (χ1n) is 6.15. The van der Waals surface area contributed by atoms with Crippen molar-refractivity contribution >= 4 is 21.4 Å². The zero-order valence-corrected chi connectivity index (χ0v) is 12.7. The number of hydrogen-bond acceptors (Lipinski definition) is 4. The van der Waals surface area contributed by atoms with Crippen molar-refractivity contribution in [2.75, 3.05) is 19.0 Å². The smallest absolute Gasteiger partial charge is 0.171 e. The van der Waals surface area contributed by atoms with Crippen molar-refractivity contribution in [3.63, 3.8) is 0 Å². The lowest BCUT2D eigenvalue weighted by atomic mass is 10.2. The quantitative estimate of drug-likeness (QED) is 0.693. The van der Waals surface area contributed by atoms with Crippen molar-refractivity contribution in [2.45, 2.75) is 25.9 Å². The third kappa shape index (κ3) is 5.91. The van der Waals surface area contributed by atoms with Crippen LogP contribution in [0.5, 0.6) is 0 Å². The van der Waals surface area contributed by atoms with Gasteiger partial charge in [0, 0.05) is 18.2 Å². The SMILES string of the molecule is CCOC(CS(=O)(=O)Cc1ccccc1Cl)OCC. The fourth-order valence-electron chi connectivity index (χ4n) is 1.63. The molecule has 6 heteroatoms. The third-order valence-electron chi connectivity index (χ3n) is 2.43. The molecule has 0 saturated carbocycles. The first kappa shape index (κ1) is 16.4. The molecular weight excluding hydrogens is 288 g/mol. The van der Waals surface area contributed by atoms with Crippen molar-refractivity contribution in [1.29, 1.82) is 0 Å². The Labute approximate surface area is 119 Å². The molecule has 0 radical (unpaired) electrons. The molecule has 1 aromatic carbocycles. The third-order valence-corrected chi connectivity index (χ3v) is 4.33. The molecular formula is C13H19ClO4S. The van der Waals surface area contributed by atoms with Gasteiger partial charge < -0.3 is 9.47 Å². The molecule has 0 spiro atoms. The summed E-state index contributed by atoms with van der Waals surface area (Å²) in [4.78, 5) is 0. The summed E-state index contributed by atoms with van der Waals surface area (Å²) in [6, 6.07) is 6.91. The van der Waals surface area contributed by atoms with Crippen LogP contribution in [0.25, 0.3) is 0 Å². The topological polar surface area (TPSA) is 52.6 Å². The Kier molecular flexibility index (Phi) is 6.79. The van der Waals surface area contributed by atoms with Gasteiger partial charge in [-0.05, 0) is 25.5 Å². The molecule has 0 amide bonds. The van der Waals surface area contributed by atoms with Crippen LogP contribution in [0.2, 0.25) is 5.02 Å². The molecule has 0 aliphatic carbocycles. The molecule has 0 atom stereocenters. The molecule has 0 aliphatic heterocycles. The van der Waals surface area contributed by atoms with Crippen LogP contribution in [0.15, 0.2) is 24.3 Å². The summed E-state index contributed by atoms with van der Waals surface area (Å²) in [7, 11) is -3.34. The lowest BCUT2D eigenvalue weighted by Crippen LogP contribution is -2.28. The minimum Gasteiger partial charge on any atom is -0.352 e. The number of hydrogen-bond donors (Lipinski definition) is 0. The molecule has 4 nitrogen and oxygen atoms in total. The van der Waals surface area contributed by atoms with Crippen LogP contribution in [-0.2, 0) is 25.1 Å². The van der Waals surface area contributed by atoms with E-state index in [1.807, 2.05) is 0 Å². The van der Waals surface area contributed by atoms with E-state index >= 15 is 0 Å². The lowest BCUT2D eigenvalue weighted by molar-refractivity contribution is -0.120. The molecule has 108 valence electrons. The first-order chi connectivity index (χ1) is 8.98. The van der Waals surface area contributed by atoms with Crippen LogP contribution in [0.3, 0.4) is 0 Å². The van der Waals surface area contributed by atoms with Crippen molar-refractivity contribution < 1.29 is 17.9 Å². The van der Waals surface area contributed by atoms with Crippen LogP contribution in [0, 0.1) is 0 Å². The monoisotopic (exact) mass is 306 g/mol. The maximum absolute atomic E-state index is 12.1.